The number of aliphatic hydroxyl groups is 2. The zero-order chi connectivity index (χ0) is 41.8. The maximum absolute atomic E-state index is 14.0. The summed E-state index contributed by atoms with van der Waals surface area (Å²) >= 11 is 0. The van der Waals surface area contributed by atoms with E-state index in [1.54, 1.807) is 18.2 Å². The standard InChI is InChI=1S/C44H59NO7.C2HF3O/c1-3-4-5-6-7-8-9-10-11-12-13-14-15-16-20-23-37(47)51-40(32-21-18-17-19-22-32)42(48)50-35-26-27-44(49)36-30-33-24-25-34(31-46)39-38(33)43(44,41(35)52-39)28-29-45(36)2;3-2(4,5)1-6/h10-11,17-19,21-22,24-26,36,40-41,46,49H,3-9,12-16,20,23,27-31H2,1-2H3;1H/b11-10-;/t36-,40+,41+,43+,44-;/m1./s1. The zero-order valence-corrected chi connectivity index (χ0v) is 33.9. The number of benzene rings is 2. The molecule has 1 spiro atoms. The lowest BCUT2D eigenvalue weighted by molar-refractivity contribution is -0.176. The van der Waals surface area contributed by atoms with E-state index in [-0.39, 0.29) is 25.5 Å². The van der Waals surface area contributed by atoms with Gasteiger partial charge in [-0.1, -0.05) is 113 Å². The quantitative estimate of drug-likeness (QED) is 0.0584. The van der Waals surface area contributed by atoms with Crippen molar-refractivity contribution in [2.45, 2.75) is 158 Å². The fourth-order valence-corrected chi connectivity index (χ4v) is 9.21. The molecule has 0 unspecified atom stereocenters. The molecule has 1 saturated heterocycles. The van der Waals surface area contributed by atoms with Crippen molar-refractivity contribution in [2.24, 2.45) is 0 Å². The van der Waals surface area contributed by atoms with Gasteiger partial charge in [0.15, 0.2) is 6.10 Å². The molecule has 2 aromatic rings. The average molecular weight is 812 g/mol. The summed E-state index contributed by atoms with van der Waals surface area (Å²) < 4.78 is 49.9. The average Bonchev–Trinajstić information content (AvgIpc) is 3.57. The molecular weight excluding hydrogens is 751 g/mol. The van der Waals surface area contributed by atoms with Crippen LogP contribution in [0.5, 0.6) is 5.75 Å². The number of carbonyl (C=O) groups excluding carboxylic acids is 3. The number of hydrogen-bond acceptors (Lipinski definition) is 9. The highest BCUT2D eigenvalue weighted by molar-refractivity contribution is 5.82. The Balaban J connectivity index is 0.000000992. The van der Waals surface area contributed by atoms with E-state index in [0.29, 0.717) is 41.9 Å². The number of likely N-dealkylation sites (N-methyl/N-ethyl adjacent to an activating group) is 1. The number of ether oxygens (including phenoxy) is 3. The lowest BCUT2D eigenvalue weighted by Crippen LogP contribution is -2.74. The van der Waals surface area contributed by atoms with Crippen LogP contribution in [0.3, 0.4) is 0 Å². The third kappa shape index (κ3) is 10.4. The minimum atomic E-state index is -4.64. The first-order valence-electron chi connectivity index (χ1n) is 21.1. The van der Waals surface area contributed by atoms with Gasteiger partial charge >= 0.3 is 18.1 Å². The van der Waals surface area contributed by atoms with E-state index in [4.69, 9.17) is 19.0 Å². The summed E-state index contributed by atoms with van der Waals surface area (Å²) in [7, 11) is 2.04. The van der Waals surface area contributed by atoms with Gasteiger partial charge in [-0.15, -0.1) is 0 Å². The molecule has 1 fully saturated rings. The molecule has 4 aliphatic rings. The zero-order valence-electron chi connectivity index (χ0n) is 33.9. The Hall–Kier alpha value is -4.00. The molecule has 0 amide bonds. The fourth-order valence-electron chi connectivity index (χ4n) is 9.21. The number of piperidine rings is 1. The van der Waals surface area contributed by atoms with Crippen LogP contribution in [0, 0.1) is 0 Å². The van der Waals surface area contributed by atoms with E-state index in [9.17, 15) is 33.0 Å². The van der Waals surface area contributed by atoms with Crippen molar-refractivity contribution in [1.29, 1.82) is 0 Å². The second kappa shape index (κ2) is 20.8. The highest BCUT2D eigenvalue weighted by Gasteiger charge is 2.72. The normalized spacial score (nSPS) is 23.5. The Morgan fingerprint density at radius 3 is 2.24 bits per heavy atom. The number of rotatable bonds is 20. The number of allylic oxidation sites excluding steroid dienone is 2. The van der Waals surface area contributed by atoms with Crippen molar-refractivity contribution in [3.8, 4) is 5.75 Å². The van der Waals surface area contributed by atoms with Gasteiger partial charge in [0.2, 0.25) is 12.4 Å². The van der Waals surface area contributed by atoms with Gasteiger partial charge in [-0.25, -0.2) is 4.79 Å². The first-order valence-corrected chi connectivity index (χ1v) is 21.1. The minimum Gasteiger partial charge on any atom is -0.481 e. The number of carbonyl (C=O) groups is 3. The number of hydrogen-bond donors (Lipinski definition) is 2. The summed E-state index contributed by atoms with van der Waals surface area (Å²) in [5.74, 6) is -0.220. The summed E-state index contributed by atoms with van der Waals surface area (Å²) in [5, 5.41) is 22.7. The Morgan fingerprint density at radius 2 is 1.60 bits per heavy atom. The van der Waals surface area contributed by atoms with Crippen LogP contribution < -0.4 is 4.74 Å². The fraction of sp³-hybridized carbons (Fsp3) is 0.587. The van der Waals surface area contributed by atoms with E-state index in [1.165, 1.54) is 44.9 Å². The first kappa shape index (κ1) is 45.1. The van der Waals surface area contributed by atoms with E-state index >= 15 is 0 Å². The number of esters is 2. The van der Waals surface area contributed by atoms with Gasteiger partial charge in [0.05, 0.1) is 17.6 Å². The SMILES string of the molecule is CCCCCCCC/C=C\CCCCCCCC(=O)O[C@H](C(=O)OC1=CC[C@@]2(O)[C@H]3Cc4ccc(CO)c5c4[C@@]2(CCN3C)[C@H]1O5)c1ccccc1.O=CC(F)(F)F. The first-order chi connectivity index (χ1) is 27.9. The van der Waals surface area contributed by atoms with Crippen LogP contribution in [0.4, 0.5) is 13.2 Å². The van der Waals surface area contributed by atoms with Crippen molar-refractivity contribution in [3.63, 3.8) is 0 Å². The van der Waals surface area contributed by atoms with Crippen molar-refractivity contribution in [1.82, 2.24) is 4.90 Å². The molecule has 2 aromatic carbocycles. The number of likely N-dealkylation sites (tertiary alicyclic amines) is 1. The second-order valence-corrected chi connectivity index (χ2v) is 16.1. The number of aldehydes is 1. The summed E-state index contributed by atoms with van der Waals surface area (Å²) in [6.45, 7) is 2.80. The van der Waals surface area contributed by atoms with Gasteiger partial charge < -0.3 is 29.3 Å². The van der Waals surface area contributed by atoms with Gasteiger partial charge in [-0.05, 0) is 70.2 Å². The van der Waals surface area contributed by atoms with Crippen LogP contribution in [0.1, 0.15) is 138 Å². The molecule has 2 N–H and O–H groups in total. The van der Waals surface area contributed by atoms with E-state index in [1.807, 2.05) is 37.4 Å². The molecule has 5 atom stereocenters. The highest BCUT2D eigenvalue weighted by atomic mass is 19.4. The summed E-state index contributed by atoms with van der Waals surface area (Å²) in [5.41, 5.74) is 1.25. The van der Waals surface area contributed by atoms with Crippen LogP contribution in [0.2, 0.25) is 0 Å². The second-order valence-electron chi connectivity index (χ2n) is 16.1. The molecule has 12 heteroatoms. The number of nitrogens with zero attached hydrogens (tertiary/aromatic N) is 1. The van der Waals surface area contributed by atoms with Crippen molar-refractivity contribution in [3.05, 3.63) is 88.7 Å². The Bertz CT molecular complexity index is 1750. The van der Waals surface area contributed by atoms with E-state index in [2.05, 4.69) is 24.0 Å². The van der Waals surface area contributed by atoms with E-state index in [0.717, 1.165) is 49.8 Å². The monoisotopic (exact) mass is 811 g/mol. The molecule has 9 nitrogen and oxygen atoms in total. The van der Waals surface area contributed by atoms with Gasteiger partial charge in [0.25, 0.3) is 0 Å². The van der Waals surface area contributed by atoms with E-state index < -0.39 is 47.6 Å². The van der Waals surface area contributed by atoms with Gasteiger partial charge in [0, 0.05) is 35.6 Å². The van der Waals surface area contributed by atoms with Gasteiger partial charge in [-0.2, -0.15) is 13.2 Å². The molecule has 0 saturated carbocycles. The molecule has 0 aromatic heterocycles. The largest absolute Gasteiger partial charge is 0.481 e. The van der Waals surface area contributed by atoms with Crippen molar-refractivity contribution < 1.29 is 52.0 Å². The molecule has 2 aliphatic heterocycles. The third-order valence-corrected chi connectivity index (χ3v) is 12.2. The van der Waals surface area contributed by atoms with Crippen LogP contribution >= 0.6 is 0 Å². The Kier molecular flexibility index (Phi) is 16.2. The minimum absolute atomic E-state index is 0.131. The predicted octanol–water partition coefficient (Wildman–Crippen LogP) is 9.07. The molecule has 58 heavy (non-hydrogen) atoms. The molecule has 2 aliphatic carbocycles. The third-order valence-electron chi connectivity index (χ3n) is 12.2. The van der Waals surface area contributed by atoms with Crippen molar-refractivity contribution in [2.75, 3.05) is 13.6 Å². The van der Waals surface area contributed by atoms with Gasteiger partial charge in [0.1, 0.15) is 11.5 Å². The number of unbranched alkanes of at least 4 members (excludes halogenated alkanes) is 11. The highest BCUT2D eigenvalue weighted by Crippen LogP contribution is 2.64. The molecule has 2 bridgehead atoms. The summed E-state index contributed by atoms with van der Waals surface area (Å²) in [6.07, 6.45) is 15.8. The predicted molar refractivity (Wildman–Crippen MR) is 214 cm³/mol. The molecule has 6 rings (SSSR count). The Morgan fingerprint density at radius 1 is 0.966 bits per heavy atom. The van der Waals surface area contributed by atoms with Crippen LogP contribution in [-0.2, 0) is 42.3 Å². The molecule has 0 radical (unpaired) electrons. The number of aliphatic hydroxyl groups excluding tert-OH is 1. The topological polar surface area (TPSA) is 123 Å². The lowest BCUT2D eigenvalue weighted by Gasteiger charge is -2.61. The number of alkyl halides is 3. The molecular formula is C46H60F3NO8. The summed E-state index contributed by atoms with van der Waals surface area (Å²) in [6, 6.07) is 12.8. The molecule has 318 valence electrons. The maximum atomic E-state index is 14.0. The van der Waals surface area contributed by atoms with Gasteiger partial charge in [-0.3, -0.25) is 9.59 Å². The Labute approximate surface area is 340 Å². The number of halogens is 3. The smallest absolute Gasteiger partial charge is 0.446 e. The van der Waals surface area contributed by atoms with Crippen LogP contribution in [-0.4, -0.2) is 70.9 Å². The van der Waals surface area contributed by atoms with Crippen LogP contribution in [0.15, 0.2) is 66.5 Å². The summed E-state index contributed by atoms with van der Waals surface area (Å²) in [4.78, 5) is 38.0. The lowest BCUT2D eigenvalue weighted by atomic mass is 9.50. The van der Waals surface area contributed by atoms with Crippen molar-refractivity contribution >= 4 is 18.2 Å². The van der Waals surface area contributed by atoms with Crippen LogP contribution in [0.25, 0.3) is 0 Å². The molecule has 2 heterocycles. The maximum Gasteiger partial charge on any atom is 0.446 e.